The molecule has 1 aliphatic carbocycles. The molecule has 0 unspecified atom stereocenters. The number of hydrogen-bond donors (Lipinski definition) is 3. The lowest BCUT2D eigenvalue weighted by molar-refractivity contribution is -0.176. The highest BCUT2D eigenvalue weighted by molar-refractivity contribution is 5.13. The zero-order valence-corrected chi connectivity index (χ0v) is 7.67. The first-order valence-corrected chi connectivity index (χ1v) is 4.96. The van der Waals surface area contributed by atoms with E-state index in [-0.39, 0.29) is 18.4 Å². The SMILES string of the molecule is O[C@H]1[C@H]2CCO[C@@H]3OC[C@@](O)([C@H]32)[C@@H]1O. The summed E-state index contributed by atoms with van der Waals surface area (Å²) in [6.07, 6.45) is -1.74. The van der Waals surface area contributed by atoms with Crippen LogP contribution in [0.25, 0.3) is 0 Å². The molecule has 3 rings (SSSR count). The molecule has 0 aromatic rings. The minimum Gasteiger partial charge on any atom is -0.390 e. The molecule has 0 aromatic heterocycles. The molecule has 80 valence electrons. The molecule has 2 saturated heterocycles. The van der Waals surface area contributed by atoms with Crippen molar-refractivity contribution >= 4 is 0 Å². The van der Waals surface area contributed by atoms with Crippen molar-refractivity contribution in [2.45, 2.75) is 30.5 Å². The summed E-state index contributed by atoms with van der Waals surface area (Å²) in [6, 6.07) is 0. The van der Waals surface area contributed by atoms with Crippen LogP contribution in [0.3, 0.4) is 0 Å². The van der Waals surface area contributed by atoms with Gasteiger partial charge in [0.25, 0.3) is 0 Å². The second-order valence-electron chi connectivity index (χ2n) is 4.46. The molecule has 3 fully saturated rings. The molecule has 5 nitrogen and oxygen atoms in total. The number of aliphatic hydroxyl groups is 3. The third kappa shape index (κ3) is 0.869. The van der Waals surface area contributed by atoms with E-state index in [9.17, 15) is 15.3 Å². The quantitative estimate of drug-likeness (QED) is 0.444. The highest BCUT2D eigenvalue weighted by Crippen LogP contribution is 2.51. The summed E-state index contributed by atoms with van der Waals surface area (Å²) in [5, 5.41) is 29.7. The van der Waals surface area contributed by atoms with E-state index >= 15 is 0 Å². The van der Waals surface area contributed by atoms with Gasteiger partial charge >= 0.3 is 0 Å². The van der Waals surface area contributed by atoms with Crippen molar-refractivity contribution in [2.24, 2.45) is 11.8 Å². The fraction of sp³-hybridized carbons (Fsp3) is 1.00. The first kappa shape index (κ1) is 9.06. The normalized spacial score (nSPS) is 61.5. The lowest BCUT2D eigenvalue weighted by atomic mass is 9.84. The van der Waals surface area contributed by atoms with Crippen molar-refractivity contribution < 1.29 is 24.8 Å². The smallest absolute Gasteiger partial charge is 0.163 e. The summed E-state index contributed by atoms with van der Waals surface area (Å²) >= 11 is 0. The Kier molecular flexibility index (Phi) is 1.73. The summed E-state index contributed by atoms with van der Waals surface area (Å²) in [5.41, 5.74) is -1.31. The summed E-state index contributed by atoms with van der Waals surface area (Å²) in [4.78, 5) is 0. The predicted octanol–water partition coefficient (Wildman–Crippen LogP) is -1.54. The third-order valence-corrected chi connectivity index (χ3v) is 3.82. The van der Waals surface area contributed by atoms with E-state index in [1.807, 2.05) is 0 Å². The van der Waals surface area contributed by atoms with Crippen LogP contribution in [-0.2, 0) is 9.47 Å². The van der Waals surface area contributed by atoms with Gasteiger partial charge in [0.05, 0.1) is 19.3 Å². The molecule has 6 atom stereocenters. The van der Waals surface area contributed by atoms with Gasteiger partial charge in [0.15, 0.2) is 6.29 Å². The van der Waals surface area contributed by atoms with E-state index in [4.69, 9.17) is 9.47 Å². The Morgan fingerprint density at radius 1 is 1.21 bits per heavy atom. The molecule has 0 aromatic carbocycles. The summed E-state index contributed by atoms with van der Waals surface area (Å²) < 4.78 is 10.6. The van der Waals surface area contributed by atoms with Crippen molar-refractivity contribution in [1.29, 1.82) is 0 Å². The van der Waals surface area contributed by atoms with Crippen molar-refractivity contribution in [3.8, 4) is 0 Å². The van der Waals surface area contributed by atoms with Crippen LogP contribution in [0.15, 0.2) is 0 Å². The monoisotopic (exact) mass is 202 g/mol. The highest BCUT2D eigenvalue weighted by Gasteiger charge is 2.66. The fourth-order valence-electron chi connectivity index (χ4n) is 3.07. The van der Waals surface area contributed by atoms with Gasteiger partial charge in [-0.15, -0.1) is 0 Å². The van der Waals surface area contributed by atoms with Gasteiger partial charge in [-0.3, -0.25) is 0 Å². The Labute approximate surface area is 81.3 Å². The lowest BCUT2D eigenvalue weighted by Crippen LogP contribution is -2.46. The molecule has 3 N–H and O–H groups in total. The standard InChI is InChI=1S/C9H14O5/c10-6-4-1-2-13-8-5(4)9(12,3-14-8)7(6)11/h4-8,10-12H,1-3H2/t4-,5-,6-,7+,8+,9+/m0/s1. The summed E-state index contributed by atoms with van der Waals surface area (Å²) in [6.45, 7) is 0.572. The van der Waals surface area contributed by atoms with Crippen LogP contribution >= 0.6 is 0 Å². The molecule has 0 amide bonds. The average Bonchev–Trinajstić information content (AvgIpc) is 2.63. The minimum absolute atomic E-state index is 0.0526. The van der Waals surface area contributed by atoms with Gasteiger partial charge in [-0.2, -0.15) is 0 Å². The van der Waals surface area contributed by atoms with Crippen molar-refractivity contribution in [3.05, 3.63) is 0 Å². The zero-order valence-electron chi connectivity index (χ0n) is 7.67. The number of aliphatic hydroxyl groups excluding tert-OH is 2. The molecule has 14 heavy (non-hydrogen) atoms. The number of ether oxygens (including phenoxy) is 2. The van der Waals surface area contributed by atoms with Gasteiger partial charge in [-0.25, -0.2) is 0 Å². The molecule has 2 heterocycles. The maximum atomic E-state index is 10.2. The minimum atomic E-state index is -1.31. The molecule has 0 radical (unpaired) electrons. The van der Waals surface area contributed by atoms with Crippen LogP contribution in [0, 0.1) is 11.8 Å². The average molecular weight is 202 g/mol. The molecule has 0 spiro atoms. The van der Waals surface area contributed by atoms with Gasteiger partial charge in [-0.1, -0.05) is 0 Å². The Balaban J connectivity index is 2.00. The van der Waals surface area contributed by atoms with Crippen LogP contribution in [0.2, 0.25) is 0 Å². The second kappa shape index (κ2) is 2.68. The third-order valence-electron chi connectivity index (χ3n) is 3.82. The number of rotatable bonds is 0. The van der Waals surface area contributed by atoms with Crippen LogP contribution < -0.4 is 0 Å². The largest absolute Gasteiger partial charge is 0.390 e. The zero-order chi connectivity index (χ0) is 9.92. The number of hydrogen-bond acceptors (Lipinski definition) is 5. The fourth-order valence-corrected chi connectivity index (χ4v) is 3.07. The van der Waals surface area contributed by atoms with E-state index in [1.165, 1.54) is 0 Å². The van der Waals surface area contributed by atoms with E-state index in [2.05, 4.69) is 0 Å². The highest BCUT2D eigenvalue weighted by atomic mass is 16.7. The van der Waals surface area contributed by atoms with Crippen LogP contribution in [0.1, 0.15) is 6.42 Å². The maximum absolute atomic E-state index is 10.2. The molecular weight excluding hydrogens is 188 g/mol. The maximum Gasteiger partial charge on any atom is 0.163 e. The van der Waals surface area contributed by atoms with Gasteiger partial charge in [0, 0.05) is 11.8 Å². The molecule has 1 saturated carbocycles. The second-order valence-corrected chi connectivity index (χ2v) is 4.46. The van der Waals surface area contributed by atoms with E-state index in [0.29, 0.717) is 13.0 Å². The van der Waals surface area contributed by atoms with Gasteiger partial charge < -0.3 is 24.8 Å². The first-order chi connectivity index (χ1) is 6.64. The summed E-state index contributed by atoms with van der Waals surface area (Å²) in [5.74, 6) is -0.377. The Morgan fingerprint density at radius 3 is 2.79 bits per heavy atom. The molecule has 5 heteroatoms. The van der Waals surface area contributed by atoms with E-state index in [1.54, 1.807) is 0 Å². The lowest BCUT2D eigenvalue weighted by Gasteiger charge is -2.31. The first-order valence-electron chi connectivity index (χ1n) is 4.96. The van der Waals surface area contributed by atoms with Gasteiger partial charge in [0.1, 0.15) is 11.7 Å². The molecule has 2 aliphatic heterocycles. The Hall–Kier alpha value is -0.200. The van der Waals surface area contributed by atoms with E-state index in [0.717, 1.165) is 0 Å². The predicted molar refractivity (Wildman–Crippen MR) is 44.3 cm³/mol. The summed E-state index contributed by atoms with van der Waals surface area (Å²) in [7, 11) is 0. The van der Waals surface area contributed by atoms with E-state index < -0.39 is 24.1 Å². The van der Waals surface area contributed by atoms with Crippen LogP contribution in [0.4, 0.5) is 0 Å². The van der Waals surface area contributed by atoms with Crippen molar-refractivity contribution in [1.82, 2.24) is 0 Å². The van der Waals surface area contributed by atoms with Gasteiger partial charge in [0.2, 0.25) is 0 Å². The van der Waals surface area contributed by atoms with Crippen LogP contribution in [-0.4, -0.2) is 52.6 Å². The topological polar surface area (TPSA) is 79.2 Å². The Bertz CT molecular complexity index is 258. The molecule has 3 aliphatic rings. The van der Waals surface area contributed by atoms with Crippen LogP contribution in [0.5, 0.6) is 0 Å². The van der Waals surface area contributed by atoms with Crippen molar-refractivity contribution in [3.63, 3.8) is 0 Å². The van der Waals surface area contributed by atoms with Gasteiger partial charge in [-0.05, 0) is 6.42 Å². The molecule has 0 bridgehead atoms. The molecular formula is C9H14O5. The van der Waals surface area contributed by atoms with Crippen molar-refractivity contribution in [2.75, 3.05) is 13.2 Å². The Morgan fingerprint density at radius 2 is 2.00 bits per heavy atom.